The summed E-state index contributed by atoms with van der Waals surface area (Å²) in [6.07, 6.45) is 2.85. The molecule has 0 saturated carbocycles. The fraction of sp³-hybridized carbons (Fsp3) is 0.429. The summed E-state index contributed by atoms with van der Waals surface area (Å²) in [6, 6.07) is 0. The summed E-state index contributed by atoms with van der Waals surface area (Å²) in [7, 11) is 0. The molecule has 10 heavy (non-hydrogen) atoms. The largest absolute Gasteiger partial charge is 0.303 e. The van der Waals surface area contributed by atoms with Crippen molar-refractivity contribution in [1.29, 1.82) is 0 Å². The van der Waals surface area contributed by atoms with Crippen molar-refractivity contribution < 1.29 is 9.59 Å². The Morgan fingerprint density at radius 1 is 1.50 bits per heavy atom. The van der Waals surface area contributed by atoms with Crippen molar-refractivity contribution in [2.24, 2.45) is 5.92 Å². The molecule has 1 aliphatic carbocycles. The molecule has 0 N–H and O–H groups in total. The minimum absolute atomic E-state index is 0.220. The van der Waals surface area contributed by atoms with Gasteiger partial charge in [0.2, 0.25) is 0 Å². The van der Waals surface area contributed by atoms with Crippen molar-refractivity contribution in [3.63, 3.8) is 0 Å². The zero-order chi connectivity index (χ0) is 7.56. The van der Waals surface area contributed by atoms with Crippen LogP contribution in [0.5, 0.6) is 0 Å². The van der Waals surface area contributed by atoms with Gasteiger partial charge in [0, 0.05) is 10.6 Å². The topological polar surface area (TPSA) is 34.1 Å². The Hall–Kier alpha value is -0.630. The maximum atomic E-state index is 10.2. The van der Waals surface area contributed by atoms with Gasteiger partial charge >= 0.3 is 0 Å². The number of hydrogen-bond donors (Lipinski definition) is 0. The molecule has 0 fully saturated rings. The molecule has 0 unspecified atom stereocenters. The first-order chi connectivity index (χ1) is 4.79. The van der Waals surface area contributed by atoms with Crippen LogP contribution >= 0.6 is 11.6 Å². The molecule has 0 amide bonds. The van der Waals surface area contributed by atoms with Crippen LogP contribution in [-0.2, 0) is 9.59 Å². The summed E-state index contributed by atoms with van der Waals surface area (Å²) in [5, 5.41) is 0.435. The second-order valence-corrected chi connectivity index (χ2v) is 2.68. The molecule has 2 nitrogen and oxygen atoms in total. The minimum Gasteiger partial charge on any atom is -0.303 e. The van der Waals surface area contributed by atoms with E-state index in [-0.39, 0.29) is 5.92 Å². The Morgan fingerprint density at radius 2 is 2.20 bits per heavy atom. The number of rotatable bonds is 2. The predicted octanol–water partition coefficient (Wildman–Crippen LogP) is 1.29. The smallest absolute Gasteiger partial charge is 0.147 e. The van der Waals surface area contributed by atoms with Gasteiger partial charge in [0.05, 0.1) is 5.92 Å². The fourth-order valence-electron chi connectivity index (χ4n) is 1.04. The molecule has 0 aromatic rings. The standard InChI is InChI=1S/C7H7ClO2/c8-7-5(3-9)1-2-6(7)4-10/h3-5H,1-2H2/t5-/m0/s1. The molecule has 1 aliphatic rings. The summed E-state index contributed by atoms with van der Waals surface area (Å²) >= 11 is 5.66. The van der Waals surface area contributed by atoms with E-state index >= 15 is 0 Å². The number of aldehydes is 2. The molecule has 54 valence electrons. The van der Waals surface area contributed by atoms with Crippen LogP contribution in [0, 0.1) is 5.92 Å². The summed E-state index contributed by atoms with van der Waals surface area (Å²) in [4.78, 5) is 20.5. The lowest BCUT2D eigenvalue weighted by Crippen LogP contribution is -1.95. The number of hydrogen-bond acceptors (Lipinski definition) is 2. The Labute approximate surface area is 63.9 Å². The summed E-state index contributed by atoms with van der Waals surface area (Å²) in [5.74, 6) is -0.220. The van der Waals surface area contributed by atoms with Crippen LogP contribution in [0.1, 0.15) is 12.8 Å². The Bertz CT molecular complexity index is 196. The number of carbonyl (C=O) groups excluding carboxylic acids is 2. The molecule has 0 saturated heterocycles. The van der Waals surface area contributed by atoms with Gasteiger partial charge in [-0.15, -0.1) is 0 Å². The van der Waals surface area contributed by atoms with Crippen molar-refractivity contribution in [3.05, 3.63) is 10.6 Å². The molecule has 0 spiro atoms. The molecule has 0 radical (unpaired) electrons. The summed E-state index contributed by atoms with van der Waals surface area (Å²) in [6.45, 7) is 0. The average molecular weight is 159 g/mol. The number of carbonyl (C=O) groups is 2. The van der Waals surface area contributed by atoms with Gasteiger partial charge in [0.25, 0.3) is 0 Å². The van der Waals surface area contributed by atoms with E-state index in [1.54, 1.807) is 0 Å². The first-order valence-electron chi connectivity index (χ1n) is 3.08. The van der Waals surface area contributed by atoms with E-state index in [0.29, 0.717) is 23.4 Å². The molecule has 1 atom stereocenters. The highest BCUT2D eigenvalue weighted by molar-refractivity contribution is 6.32. The molecule has 0 bridgehead atoms. The van der Waals surface area contributed by atoms with Crippen LogP contribution in [0.15, 0.2) is 10.6 Å². The van der Waals surface area contributed by atoms with Crippen molar-refractivity contribution in [2.45, 2.75) is 12.8 Å². The van der Waals surface area contributed by atoms with Crippen LogP contribution in [-0.4, -0.2) is 12.6 Å². The summed E-state index contributed by atoms with van der Waals surface area (Å²) < 4.78 is 0. The van der Waals surface area contributed by atoms with E-state index in [1.165, 1.54) is 0 Å². The first-order valence-corrected chi connectivity index (χ1v) is 3.46. The Kier molecular flexibility index (Phi) is 2.22. The van der Waals surface area contributed by atoms with Gasteiger partial charge in [-0.05, 0) is 12.8 Å². The second-order valence-electron chi connectivity index (χ2n) is 2.27. The highest BCUT2D eigenvalue weighted by atomic mass is 35.5. The molecule has 0 aromatic carbocycles. The van der Waals surface area contributed by atoms with Crippen molar-refractivity contribution in [2.75, 3.05) is 0 Å². The van der Waals surface area contributed by atoms with Crippen LogP contribution in [0.25, 0.3) is 0 Å². The van der Waals surface area contributed by atoms with Crippen molar-refractivity contribution in [1.82, 2.24) is 0 Å². The van der Waals surface area contributed by atoms with Crippen LogP contribution < -0.4 is 0 Å². The third-order valence-electron chi connectivity index (χ3n) is 1.66. The third-order valence-corrected chi connectivity index (χ3v) is 2.19. The van der Waals surface area contributed by atoms with E-state index in [9.17, 15) is 9.59 Å². The summed E-state index contributed by atoms with van der Waals surface area (Å²) in [5.41, 5.74) is 0.582. The fourth-order valence-corrected chi connectivity index (χ4v) is 1.34. The highest BCUT2D eigenvalue weighted by Gasteiger charge is 2.22. The van der Waals surface area contributed by atoms with Crippen molar-refractivity contribution in [3.8, 4) is 0 Å². The lowest BCUT2D eigenvalue weighted by molar-refractivity contribution is -0.110. The van der Waals surface area contributed by atoms with Gasteiger partial charge in [-0.1, -0.05) is 11.6 Å². The average Bonchev–Trinajstić information content (AvgIpc) is 2.30. The molecular weight excluding hydrogens is 152 g/mol. The molecule has 1 rings (SSSR count). The normalized spacial score (nSPS) is 25.1. The Morgan fingerprint density at radius 3 is 2.50 bits per heavy atom. The van der Waals surface area contributed by atoms with Gasteiger partial charge in [-0.2, -0.15) is 0 Å². The maximum Gasteiger partial charge on any atom is 0.147 e. The SMILES string of the molecule is O=CC1=C(Cl)[C@H](C=O)CC1. The minimum atomic E-state index is -0.220. The zero-order valence-corrected chi connectivity index (χ0v) is 6.10. The van der Waals surface area contributed by atoms with Crippen molar-refractivity contribution >= 4 is 24.2 Å². The molecule has 0 aromatic heterocycles. The van der Waals surface area contributed by atoms with Gasteiger partial charge < -0.3 is 4.79 Å². The van der Waals surface area contributed by atoms with E-state index in [0.717, 1.165) is 12.6 Å². The highest BCUT2D eigenvalue weighted by Crippen LogP contribution is 2.31. The maximum absolute atomic E-state index is 10.2. The van der Waals surface area contributed by atoms with E-state index in [2.05, 4.69) is 0 Å². The van der Waals surface area contributed by atoms with Crippen LogP contribution in [0.2, 0.25) is 0 Å². The first kappa shape index (κ1) is 7.48. The van der Waals surface area contributed by atoms with E-state index in [4.69, 9.17) is 11.6 Å². The second kappa shape index (κ2) is 2.97. The zero-order valence-electron chi connectivity index (χ0n) is 5.34. The monoisotopic (exact) mass is 158 g/mol. The van der Waals surface area contributed by atoms with Gasteiger partial charge in [-0.25, -0.2) is 0 Å². The van der Waals surface area contributed by atoms with Crippen LogP contribution in [0.4, 0.5) is 0 Å². The predicted molar refractivity (Wildman–Crippen MR) is 37.7 cm³/mol. The quantitative estimate of drug-likeness (QED) is 0.568. The molecule has 0 aliphatic heterocycles. The van der Waals surface area contributed by atoms with E-state index in [1.807, 2.05) is 0 Å². The lowest BCUT2D eigenvalue weighted by Gasteiger charge is -1.95. The third kappa shape index (κ3) is 1.12. The Balaban J connectivity index is 2.82. The molecule has 0 heterocycles. The lowest BCUT2D eigenvalue weighted by atomic mass is 10.1. The van der Waals surface area contributed by atoms with Gasteiger partial charge in [0.1, 0.15) is 12.6 Å². The molecular formula is C7H7ClO2. The number of halogens is 1. The number of allylic oxidation sites excluding steroid dienone is 2. The van der Waals surface area contributed by atoms with Crippen LogP contribution in [0.3, 0.4) is 0 Å². The van der Waals surface area contributed by atoms with Gasteiger partial charge in [0.15, 0.2) is 0 Å². The van der Waals surface area contributed by atoms with E-state index < -0.39 is 0 Å². The molecule has 3 heteroatoms. The van der Waals surface area contributed by atoms with Gasteiger partial charge in [-0.3, -0.25) is 4.79 Å².